The maximum Gasteiger partial charge on any atom is 0.255 e. The van der Waals surface area contributed by atoms with Crippen LogP contribution >= 0.6 is 0 Å². The molecule has 0 unspecified atom stereocenters. The molecule has 4 rings (SSSR count). The van der Waals surface area contributed by atoms with Crippen LogP contribution in [0.2, 0.25) is 0 Å². The van der Waals surface area contributed by atoms with E-state index in [9.17, 15) is 4.79 Å². The second-order valence-electron chi connectivity index (χ2n) is 7.01. The number of hydrogen-bond donors (Lipinski definition) is 1. The van der Waals surface area contributed by atoms with Gasteiger partial charge in [-0.05, 0) is 36.8 Å². The van der Waals surface area contributed by atoms with E-state index in [0.29, 0.717) is 12.4 Å². The Balaban J connectivity index is 1.48. The number of aryl methyl sites for hydroxylation is 1. The molecule has 27 heavy (non-hydrogen) atoms. The van der Waals surface area contributed by atoms with Gasteiger partial charge in [-0.25, -0.2) is 4.98 Å². The van der Waals surface area contributed by atoms with Crippen molar-refractivity contribution in [2.24, 2.45) is 0 Å². The first-order chi connectivity index (χ1) is 13.1. The van der Waals surface area contributed by atoms with Crippen LogP contribution in [0.4, 0.5) is 0 Å². The highest BCUT2D eigenvalue weighted by molar-refractivity contribution is 5.28. The molecule has 0 radical (unpaired) electrons. The molecule has 0 fully saturated rings. The summed E-state index contributed by atoms with van der Waals surface area (Å²) in [5, 5.41) is 0. The molecule has 140 valence electrons. The summed E-state index contributed by atoms with van der Waals surface area (Å²) in [5.41, 5.74) is 4.22. The van der Waals surface area contributed by atoms with Gasteiger partial charge in [0.05, 0.1) is 18.4 Å². The molecule has 1 aliphatic rings. The molecule has 3 heterocycles. The number of nitrogens with zero attached hydrogens (tertiary/aromatic N) is 3. The number of H-pyrrole nitrogens is 1. The molecule has 0 amide bonds. The second kappa shape index (κ2) is 7.40. The van der Waals surface area contributed by atoms with E-state index in [0.717, 1.165) is 43.1 Å². The normalized spacial score (nSPS) is 14.1. The molecule has 1 aliphatic heterocycles. The number of rotatable bonds is 5. The maximum absolute atomic E-state index is 12.3. The number of hydrogen-bond acceptors (Lipinski definition) is 4. The van der Waals surface area contributed by atoms with Gasteiger partial charge in [-0.2, -0.15) is 0 Å². The van der Waals surface area contributed by atoms with E-state index < -0.39 is 0 Å². The van der Waals surface area contributed by atoms with E-state index in [1.165, 1.54) is 11.3 Å². The third-order valence-corrected chi connectivity index (χ3v) is 5.09. The highest BCUT2D eigenvalue weighted by atomic mass is 16.5. The molecule has 0 bridgehead atoms. The summed E-state index contributed by atoms with van der Waals surface area (Å²) in [6, 6.07) is 12.4. The van der Waals surface area contributed by atoms with Crippen molar-refractivity contribution < 1.29 is 4.74 Å². The molecule has 3 aromatic rings. The average molecular weight is 364 g/mol. The zero-order chi connectivity index (χ0) is 18.8. The SMILES string of the molecule is COc1ccc(Cn2cccc2CN2CCc3nc(C)[nH]c(=O)c3C2)cc1. The van der Waals surface area contributed by atoms with E-state index in [2.05, 4.69) is 49.9 Å². The lowest BCUT2D eigenvalue weighted by Gasteiger charge is -2.28. The van der Waals surface area contributed by atoms with Crippen LogP contribution in [0.15, 0.2) is 47.4 Å². The van der Waals surface area contributed by atoms with E-state index >= 15 is 0 Å². The molecule has 2 aromatic heterocycles. The zero-order valence-electron chi connectivity index (χ0n) is 15.7. The Morgan fingerprint density at radius 1 is 1.19 bits per heavy atom. The molecular formula is C21H24N4O2. The fourth-order valence-corrected chi connectivity index (χ4v) is 3.64. The number of ether oxygens (including phenoxy) is 1. The molecule has 0 spiro atoms. The monoisotopic (exact) mass is 364 g/mol. The quantitative estimate of drug-likeness (QED) is 0.756. The van der Waals surface area contributed by atoms with E-state index in [1.807, 2.05) is 19.1 Å². The van der Waals surface area contributed by atoms with Crippen molar-refractivity contribution in [2.75, 3.05) is 13.7 Å². The summed E-state index contributed by atoms with van der Waals surface area (Å²) in [6.07, 6.45) is 2.93. The fraction of sp³-hybridized carbons (Fsp3) is 0.333. The molecule has 0 aliphatic carbocycles. The molecule has 1 N–H and O–H groups in total. The molecule has 6 nitrogen and oxygen atoms in total. The van der Waals surface area contributed by atoms with Gasteiger partial charge in [0.2, 0.25) is 0 Å². The molecule has 0 atom stereocenters. The Morgan fingerprint density at radius 3 is 2.78 bits per heavy atom. The van der Waals surface area contributed by atoms with Crippen molar-refractivity contribution in [3.05, 3.63) is 81.3 Å². The van der Waals surface area contributed by atoms with Crippen LogP contribution in [0.25, 0.3) is 0 Å². The predicted octanol–water partition coefficient (Wildman–Crippen LogP) is 2.50. The first-order valence-corrected chi connectivity index (χ1v) is 9.20. The van der Waals surface area contributed by atoms with Gasteiger partial charge < -0.3 is 14.3 Å². The number of aromatic amines is 1. The van der Waals surface area contributed by atoms with Crippen LogP contribution in [0.1, 0.15) is 28.3 Å². The maximum atomic E-state index is 12.3. The van der Waals surface area contributed by atoms with Gasteiger partial charge in [-0.1, -0.05) is 12.1 Å². The van der Waals surface area contributed by atoms with Gasteiger partial charge in [-0.3, -0.25) is 9.69 Å². The van der Waals surface area contributed by atoms with Crippen LogP contribution in [0, 0.1) is 6.92 Å². The van der Waals surface area contributed by atoms with Crippen LogP contribution in [-0.4, -0.2) is 33.1 Å². The second-order valence-corrected chi connectivity index (χ2v) is 7.01. The van der Waals surface area contributed by atoms with Gasteiger partial charge in [0.15, 0.2) is 0 Å². The summed E-state index contributed by atoms with van der Waals surface area (Å²) < 4.78 is 7.49. The minimum Gasteiger partial charge on any atom is -0.497 e. The van der Waals surface area contributed by atoms with E-state index in [1.54, 1.807) is 7.11 Å². The minimum absolute atomic E-state index is 0.00387. The Hall–Kier alpha value is -2.86. The van der Waals surface area contributed by atoms with Crippen molar-refractivity contribution in [1.82, 2.24) is 19.4 Å². The van der Waals surface area contributed by atoms with E-state index in [-0.39, 0.29) is 5.56 Å². The summed E-state index contributed by atoms with van der Waals surface area (Å²) >= 11 is 0. The summed E-state index contributed by atoms with van der Waals surface area (Å²) in [7, 11) is 1.68. The van der Waals surface area contributed by atoms with E-state index in [4.69, 9.17) is 4.74 Å². The average Bonchev–Trinajstić information content (AvgIpc) is 3.09. The van der Waals surface area contributed by atoms with Crippen LogP contribution in [-0.2, 0) is 26.1 Å². The third-order valence-electron chi connectivity index (χ3n) is 5.09. The summed E-state index contributed by atoms with van der Waals surface area (Å²) in [6.45, 7) is 5.02. The van der Waals surface area contributed by atoms with Crippen LogP contribution < -0.4 is 10.3 Å². The van der Waals surface area contributed by atoms with Crippen molar-refractivity contribution in [1.29, 1.82) is 0 Å². The van der Waals surface area contributed by atoms with Gasteiger partial charge in [-0.15, -0.1) is 0 Å². The zero-order valence-corrected chi connectivity index (χ0v) is 15.7. The Bertz CT molecular complexity index is 988. The number of methoxy groups -OCH3 is 1. The highest BCUT2D eigenvalue weighted by Crippen LogP contribution is 2.18. The third kappa shape index (κ3) is 3.80. The van der Waals surface area contributed by atoms with Gasteiger partial charge in [0.25, 0.3) is 5.56 Å². The highest BCUT2D eigenvalue weighted by Gasteiger charge is 2.21. The topological polar surface area (TPSA) is 63.1 Å². The predicted molar refractivity (Wildman–Crippen MR) is 104 cm³/mol. The Kier molecular flexibility index (Phi) is 4.81. The first-order valence-electron chi connectivity index (χ1n) is 9.20. The molecule has 6 heteroatoms. The number of benzene rings is 1. The van der Waals surface area contributed by atoms with Crippen LogP contribution in [0.3, 0.4) is 0 Å². The lowest BCUT2D eigenvalue weighted by Crippen LogP contribution is -2.36. The largest absolute Gasteiger partial charge is 0.497 e. The Morgan fingerprint density at radius 2 is 2.00 bits per heavy atom. The smallest absolute Gasteiger partial charge is 0.255 e. The summed E-state index contributed by atoms with van der Waals surface area (Å²) in [4.78, 5) is 21.9. The first kappa shape index (κ1) is 17.5. The van der Waals surface area contributed by atoms with Crippen LogP contribution in [0.5, 0.6) is 5.75 Å². The number of aromatic nitrogens is 3. The molecule has 1 aromatic carbocycles. The lowest BCUT2D eigenvalue weighted by atomic mass is 10.1. The standard InChI is InChI=1S/C21H24N4O2/c1-15-22-20-9-11-24(14-19(20)21(26)23-15)13-17-4-3-10-25(17)12-16-5-7-18(27-2)8-6-16/h3-8,10H,9,11-14H2,1-2H3,(H,22,23,26). The minimum atomic E-state index is -0.00387. The van der Waals surface area contributed by atoms with Crippen molar-refractivity contribution in [3.63, 3.8) is 0 Å². The van der Waals surface area contributed by atoms with Gasteiger partial charge in [0, 0.05) is 44.5 Å². The molecule has 0 saturated heterocycles. The van der Waals surface area contributed by atoms with Crippen molar-refractivity contribution in [2.45, 2.75) is 33.0 Å². The van der Waals surface area contributed by atoms with Crippen molar-refractivity contribution >= 4 is 0 Å². The molecular weight excluding hydrogens is 340 g/mol. The lowest BCUT2D eigenvalue weighted by molar-refractivity contribution is 0.236. The fourth-order valence-electron chi connectivity index (χ4n) is 3.64. The number of nitrogens with one attached hydrogen (secondary N) is 1. The summed E-state index contributed by atoms with van der Waals surface area (Å²) in [5.74, 6) is 1.56. The molecule has 0 saturated carbocycles. The van der Waals surface area contributed by atoms with Gasteiger partial charge in [0.1, 0.15) is 11.6 Å². The number of fused-ring (bicyclic) bond motifs is 1. The van der Waals surface area contributed by atoms with Crippen molar-refractivity contribution in [3.8, 4) is 5.75 Å². The van der Waals surface area contributed by atoms with Gasteiger partial charge >= 0.3 is 0 Å². The Labute approximate surface area is 158 Å².